The van der Waals surface area contributed by atoms with E-state index in [-0.39, 0.29) is 31.8 Å². The van der Waals surface area contributed by atoms with Gasteiger partial charge in [-0.25, -0.2) is 9.78 Å². The Kier molecular flexibility index (Phi) is 17.1. The van der Waals surface area contributed by atoms with E-state index in [1.807, 2.05) is 0 Å². The number of aromatic hydroxyl groups is 2. The minimum atomic E-state index is -5.79. The first-order chi connectivity index (χ1) is 40.2. The lowest BCUT2D eigenvalue weighted by molar-refractivity contribution is 0.0690. The van der Waals surface area contributed by atoms with E-state index in [0.717, 1.165) is 24.3 Å². The van der Waals surface area contributed by atoms with Gasteiger partial charge in [-0.2, -0.15) is 77.1 Å². The minimum Gasteiger partial charge on any atom is -0.505 e. The summed E-state index contributed by atoms with van der Waals surface area (Å²) in [5, 5.41) is 54.9. The molecule has 8 aromatic rings. The fourth-order valence-corrected chi connectivity index (χ4v) is 14.2. The van der Waals surface area contributed by atoms with Crippen molar-refractivity contribution in [1.29, 1.82) is 0 Å². The van der Waals surface area contributed by atoms with Crippen LogP contribution in [0.3, 0.4) is 0 Å². The maximum absolute atomic E-state index is 13.1. The number of azo groups is 3. The molecule has 8 rings (SSSR count). The number of phenolic OH excluding ortho intramolecular Hbond substituents is 1. The van der Waals surface area contributed by atoms with Gasteiger partial charge in [0.25, 0.3) is 80.9 Å². The number of ether oxygens (including phenoxy) is 1. The summed E-state index contributed by atoms with van der Waals surface area (Å²) in [5.74, 6) is -6.21. The molecule has 468 valence electrons. The van der Waals surface area contributed by atoms with Crippen LogP contribution in [0.1, 0.15) is 22.5 Å². The largest absolute Gasteiger partial charge is 0.505 e. The van der Waals surface area contributed by atoms with E-state index in [1.54, 1.807) is 0 Å². The molecule has 6 aromatic carbocycles. The fourth-order valence-electron chi connectivity index (χ4n) is 7.94. The van der Waals surface area contributed by atoms with Crippen LogP contribution in [0.4, 0.5) is 33.6 Å². The third-order valence-electron chi connectivity index (χ3n) is 11.6. The normalized spacial score (nSPS) is 13.5. The Morgan fingerprint density at radius 3 is 1.66 bits per heavy atom. The molecule has 0 atom stereocenters. The first-order valence-corrected chi connectivity index (χ1v) is 35.0. The highest BCUT2D eigenvalue weighted by Gasteiger charge is 2.32. The van der Waals surface area contributed by atoms with Gasteiger partial charge in [-0.1, -0.05) is 11.3 Å². The first-order valence-electron chi connectivity index (χ1n) is 22.5. The van der Waals surface area contributed by atoms with Crippen LogP contribution in [0.2, 0.25) is 0 Å². The number of fused-ring (bicyclic) bond motifs is 3. The Morgan fingerprint density at radius 2 is 1.09 bits per heavy atom. The molecule has 0 saturated carbocycles. The van der Waals surface area contributed by atoms with Crippen LogP contribution in [0.25, 0.3) is 37.4 Å². The number of benzene rings is 6. The van der Waals surface area contributed by atoms with Crippen molar-refractivity contribution < 1.29 is 129 Å². The second-order valence-corrected chi connectivity index (χ2v) is 29.9. The third kappa shape index (κ3) is 13.9. The molecule has 11 N–H and O–H groups in total. The summed E-state index contributed by atoms with van der Waals surface area (Å²) in [6, 6.07) is 6.45. The van der Waals surface area contributed by atoms with E-state index in [9.17, 15) is 124 Å². The van der Waals surface area contributed by atoms with Gasteiger partial charge in [-0.3, -0.25) is 36.4 Å². The molecule has 47 heteroatoms. The number of carboxylic acids is 1. The van der Waals surface area contributed by atoms with Gasteiger partial charge < -0.3 is 20.1 Å². The summed E-state index contributed by atoms with van der Waals surface area (Å²) in [7, 11) is -42.9. The highest BCUT2D eigenvalue weighted by Crippen LogP contribution is 2.48. The van der Waals surface area contributed by atoms with Crippen molar-refractivity contribution in [1.82, 2.24) is 14.8 Å². The van der Waals surface area contributed by atoms with Gasteiger partial charge in [-0.05, 0) is 79.6 Å². The van der Waals surface area contributed by atoms with E-state index in [1.165, 1.54) is 6.92 Å². The quantitative estimate of drug-likeness (QED) is 0.0243. The Labute approximate surface area is 495 Å². The number of aryl methyl sites for hydroxylation is 1. The molecule has 0 radical (unpaired) electrons. The number of hydrogen-bond donors (Lipinski definition) is 11. The highest BCUT2D eigenvalue weighted by atomic mass is 32.3. The lowest BCUT2D eigenvalue weighted by Crippen LogP contribution is -2.09. The maximum atomic E-state index is 13.1. The maximum Gasteiger partial charge on any atom is 0.358 e. The summed E-state index contributed by atoms with van der Waals surface area (Å²) in [6.07, 6.45) is -0.407. The standard InChI is InChI=1S/C41H31N9O29S9/c1-16-7-26(27(79-5-2-6-81(55,56)57)15-25(16)44-48-41-42-33-28(80-41)11-19(83(61,62)63)13-31(33)86(70,71)72)45-46-34-32(87(73,74)75)14-23-20(37(34)51)3-4-24(38(23)88(76,77)78)43-47-35-36(40(53)54)49-50(39(35)52)17-8-21-22(29(9-17)84(64,65)66)10-18(82(58,59)60)12-30(21)85(67,68)69/h3-4,7-15,51-52H,2,5-6H2,1H3,(H,53,54)(H,55,56,57)(H,58,59,60)(H,61,62,63)(H,64,65,66)(H,67,68,69)(H,70,71,72)(H,73,74,75)(H,76,77,78). The molecule has 0 unspecified atom stereocenters. The molecule has 0 bridgehead atoms. The van der Waals surface area contributed by atoms with Crippen LogP contribution in [0.5, 0.6) is 17.4 Å². The van der Waals surface area contributed by atoms with Gasteiger partial charge in [-0.15, -0.1) is 30.7 Å². The molecule has 2 aromatic heterocycles. The number of phenols is 1. The number of aromatic carboxylic acids is 1. The van der Waals surface area contributed by atoms with Crippen molar-refractivity contribution in [2.75, 3.05) is 12.4 Å². The average molecular weight is 1400 g/mol. The monoisotopic (exact) mass is 1400 g/mol. The number of carboxylic acid groups (broad SMARTS) is 1. The first kappa shape index (κ1) is 65.9. The van der Waals surface area contributed by atoms with Crippen LogP contribution < -0.4 is 4.74 Å². The predicted molar refractivity (Wildman–Crippen MR) is 294 cm³/mol. The molecule has 2 heterocycles. The van der Waals surface area contributed by atoms with E-state index in [4.69, 9.17) is 4.74 Å². The summed E-state index contributed by atoms with van der Waals surface area (Å²) in [5.41, 5.74) is -6.85. The zero-order valence-corrected chi connectivity index (χ0v) is 49.8. The highest BCUT2D eigenvalue weighted by molar-refractivity contribution is 7.88. The van der Waals surface area contributed by atoms with Crippen molar-refractivity contribution >= 4 is 164 Å². The van der Waals surface area contributed by atoms with Crippen molar-refractivity contribution in [3.8, 4) is 23.1 Å². The minimum absolute atomic E-state index is 0.0677. The van der Waals surface area contributed by atoms with Crippen molar-refractivity contribution in [2.45, 2.75) is 47.6 Å². The fraction of sp³-hybridized carbons (Fsp3) is 0.0976. The Balaban J connectivity index is 1.24. The molecule has 0 aliphatic heterocycles. The van der Waals surface area contributed by atoms with E-state index in [0.29, 0.717) is 47.7 Å². The molecule has 0 spiro atoms. The molecular formula is C41H31N9O29S9. The summed E-state index contributed by atoms with van der Waals surface area (Å²) < 4.78 is 282. The molecule has 38 nitrogen and oxygen atoms in total. The smallest absolute Gasteiger partial charge is 0.358 e. The molecule has 0 aliphatic rings. The van der Waals surface area contributed by atoms with E-state index in [2.05, 4.69) is 40.8 Å². The van der Waals surface area contributed by atoms with Gasteiger partial charge >= 0.3 is 5.97 Å². The Morgan fingerprint density at radius 1 is 0.545 bits per heavy atom. The summed E-state index contributed by atoms with van der Waals surface area (Å²) in [6.45, 7) is 0.795. The second-order valence-electron chi connectivity index (χ2n) is 17.6. The predicted octanol–water partition coefficient (Wildman–Crippen LogP) is 5.84. The lowest BCUT2D eigenvalue weighted by atomic mass is 10.1. The van der Waals surface area contributed by atoms with Gasteiger partial charge in [0, 0.05) is 27.6 Å². The molecule has 88 heavy (non-hydrogen) atoms. The van der Waals surface area contributed by atoms with Crippen LogP contribution in [-0.2, 0) is 80.9 Å². The van der Waals surface area contributed by atoms with Crippen molar-refractivity contribution in [3.05, 3.63) is 78.0 Å². The third-order valence-corrected chi connectivity index (χ3v) is 19.4. The van der Waals surface area contributed by atoms with Crippen LogP contribution in [0.15, 0.2) is 132 Å². The average Bonchev–Trinajstić information content (AvgIpc) is 0.977. The number of rotatable bonds is 20. The van der Waals surface area contributed by atoms with Gasteiger partial charge in [0.05, 0.1) is 38.2 Å². The second kappa shape index (κ2) is 22.8. The lowest BCUT2D eigenvalue weighted by Gasteiger charge is -2.13. The van der Waals surface area contributed by atoms with Crippen LogP contribution in [0, 0.1) is 6.92 Å². The zero-order valence-electron chi connectivity index (χ0n) is 42.4. The van der Waals surface area contributed by atoms with Gasteiger partial charge in [0.2, 0.25) is 16.7 Å². The Bertz CT molecular complexity index is 5460. The Hall–Kier alpha value is -8.11. The molecule has 0 aliphatic carbocycles. The van der Waals surface area contributed by atoms with E-state index >= 15 is 0 Å². The molecule has 0 saturated heterocycles. The number of carbonyl (C=O) groups is 1. The van der Waals surface area contributed by atoms with Crippen molar-refractivity contribution in [2.24, 2.45) is 30.7 Å². The topological polar surface area (TPSA) is 627 Å². The SMILES string of the molecule is Cc1cc(N=Nc2c(S(=O)(=O)O)cc3c(S(=O)(=O)O)c(N=Nc4c(C(=O)O)nn(-c5cc(S(=O)(=O)O)c6cc(S(=O)(=O)O)cc(S(=O)(=O)O)c6c5)c4O)ccc3c2O)c(OCCCS(=O)(=O)O)cc1N=Nc1nc2c(S(=O)(=O)O)cc(S(=O)(=O)O)cc2s1. The van der Waals surface area contributed by atoms with Crippen LogP contribution >= 0.6 is 11.3 Å². The van der Waals surface area contributed by atoms with E-state index < -0.39 is 219 Å². The molecule has 0 fully saturated rings. The van der Waals surface area contributed by atoms with Gasteiger partial charge in [0.1, 0.15) is 52.8 Å². The number of nitrogens with zero attached hydrogens (tertiary/aromatic N) is 9. The molecular weight excluding hydrogens is 1370 g/mol. The van der Waals surface area contributed by atoms with Crippen LogP contribution in [-0.4, -0.2) is 152 Å². The van der Waals surface area contributed by atoms with Crippen molar-refractivity contribution in [3.63, 3.8) is 0 Å². The summed E-state index contributed by atoms with van der Waals surface area (Å²) in [4.78, 5) is 7.30. The zero-order chi connectivity index (χ0) is 65.6. The number of aromatic nitrogens is 3. The number of hydrogen-bond acceptors (Lipinski definition) is 29. The summed E-state index contributed by atoms with van der Waals surface area (Å²) >= 11 is 0.524. The number of thiazole rings is 1. The van der Waals surface area contributed by atoms with Gasteiger partial charge in [0.15, 0.2) is 11.4 Å². The molecule has 0 amide bonds.